The summed E-state index contributed by atoms with van der Waals surface area (Å²) in [5.41, 5.74) is 1.40. The summed E-state index contributed by atoms with van der Waals surface area (Å²) in [6.45, 7) is 3.22. The highest BCUT2D eigenvalue weighted by Crippen LogP contribution is 2.22. The number of aryl methyl sites for hydroxylation is 1. The van der Waals surface area contributed by atoms with Crippen molar-refractivity contribution in [1.29, 1.82) is 0 Å². The van der Waals surface area contributed by atoms with E-state index in [1.165, 1.54) is 25.1 Å². The molecule has 2 N–H and O–H groups in total. The predicted octanol–water partition coefficient (Wildman–Crippen LogP) is 2.67. The van der Waals surface area contributed by atoms with E-state index in [0.717, 1.165) is 5.56 Å². The lowest BCUT2D eigenvalue weighted by molar-refractivity contribution is -0.146. The Labute approximate surface area is 160 Å². The van der Waals surface area contributed by atoms with Crippen molar-refractivity contribution >= 4 is 22.8 Å². The molecule has 1 amide bonds. The van der Waals surface area contributed by atoms with E-state index in [1.54, 1.807) is 24.3 Å². The van der Waals surface area contributed by atoms with Crippen LogP contribution in [-0.2, 0) is 16.1 Å². The normalized spacial score (nSPS) is 11.8. The quantitative estimate of drug-likeness (QED) is 0.520. The Balaban J connectivity index is 1.67. The lowest BCUT2D eigenvalue weighted by atomic mass is 10.1. The van der Waals surface area contributed by atoms with Gasteiger partial charge in [0.05, 0.1) is 0 Å². The molecule has 3 aromatic rings. The summed E-state index contributed by atoms with van der Waals surface area (Å²) < 4.78 is 10.3. The van der Waals surface area contributed by atoms with Crippen molar-refractivity contribution in [3.63, 3.8) is 0 Å². The highest BCUT2D eigenvalue weighted by Gasteiger charge is 2.19. The molecule has 0 saturated carbocycles. The number of nitrogens with one attached hydrogen (secondary N) is 1. The molecule has 0 unspecified atom stereocenters. The summed E-state index contributed by atoms with van der Waals surface area (Å²) in [7, 11) is 0. The van der Waals surface area contributed by atoms with Gasteiger partial charge in [-0.2, -0.15) is 0 Å². The molecule has 0 spiro atoms. The van der Waals surface area contributed by atoms with Crippen LogP contribution in [-0.4, -0.2) is 23.0 Å². The molecule has 0 aliphatic carbocycles. The van der Waals surface area contributed by atoms with Crippen LogP contribution in [0.5, 0.6) is 5.75 Å². The fraction of sp³-hybridized carbons (Fsp3) is 0.190. The van der Waals surface area contributed by atoms with Crippen LogP contribution in [0.15, 0.2) is 57.7 Å². The van der Waals surface area contributed by atoms with Gasteiger partial charge in [0.2, 0.25) is 0 Å². The molecular formula is C21H19NO6. The first-order valence-electron chi connectivity index (χ1n) is 8.63. The van der Waals surface area contributed by atoms with Crippen LogP contribution < -0.4 is 10.9 Å². The summed E-state index contributed by atoms with van der Waals surface area (Å²) in [5.74, 6) is -1.06. The van der Waals surface area contributed by atoms with Crippen molar-refractivity contribution in [3.8, 4) is 5.75 Å². The average molecular weight is 381 g/mol. The summed E-state index contributed by atoms with van der Waals surface area (Å²) in [6, 6.07) is 11.7. The molecule has 0 radical (unpaired) electrons. The number of benzene rings is 2. The maximum Gasteiger partial charge on any atom is 0.336 e. The summed E-state index contributed by atoms with van der Waals surface area (Å²) >= 11 is 0. The largest absolute Gasteiger partial charge is 0.508 e. The van der Waals surface area contributed by atoms with Gasteiger partial charge in [0.25, 0.3) is 5.91 Å². The van der Waals surface area contributed by atoms with Crippen molar-refractivity contribution in [3.05, 3.63) is 75.6 Å². The lowest BCUT2D eigenvalue weighted by Crippen LogP contribution is -2.39. The Bertz CT molecular complexity index is 1100. The van der Waals surface area contributed by atoms with E-state index in [1.807, 2.05) is 13.0 Å². The van der Waals surface area contributed by atoms with Gasteiger partial charge in [-0.05, 0) is 38.1 Å². The highest BCUT2D eigenvalue weighted by molar-refractivity contribution is 5.96. The molecule has 7 heteroatoms. The van der Waals surface area contributed by atoms with Crippen molar-refractivity contribution in [2.45, 2.75) is 26.5 Å². The number of hydrogen-bond donors (Lipinski definition) is 2. The molecule has 28 heavy (non-hydrogen) atoms. The van der Waals surface area contributed by atoms with Gasteiger partial charge in [-0.25, -0.2) is 9.59 Å². The molecule has 0 fully saturated rings. The van der Waals surface area contributed by atoms with Crippen LogP contribution in [0.25, 0.3) is 11.0 Å². The first-order chi connectivity index (χ1) is 13.3. The van der Waals surface area contributed by atoms with Crippen molar-refractivity contribution < 1.29 is 23.8 Å². The molecule has 0 aliphatic heterocycles. The van der Waals surface area contributed by atoms with Crippen LogP contribution in [0.4, 0.5) is 0 Å². The SMILES string of the molecule is Cc1cccc(C(=O)N[C@@H](C)C(=O)OCc2cc(=O)oc3cc(O)ccc23)c1. The number of carbonyl (C=O) groups is 2. The molecule has 1 heterocycles. The Morgan fingerprint density at radius 2 is 1.96 bits per heavy atom. The number of hydrogen-bond acceptors (Lipinski definition) is 6. The molecule has 1 aromatic heterocycles. The molecule has 2 aromatic carbocycles. The molecule has 0 bridgehead atoms. The maximum atomic E-state index is 12.2. The molecule has 1 atom stereocenters. The monoisotopic (exact) mass is 381 g/mol. The Hall–Kier alpha value is -3.61. The summed E-state index contributed by atoms with van der Waals surface area (Å²) in [5, 5.41) is 12.6. The molecule has 0 aliphatic rings. The van der Waals surface area contributed by atoms with Gasteiger partial charge in [-0.1, -0.05) is 17.7 Å². The standard InChI is InChI=1S/C21H19NO6/c1-12-4-3-5-14(8-12)20(25)22-13(2)21(26)27-11-15-9-19(24)28-18-10-16(23)6-7-17(15)18/h3-10,13,23H,11H2,1-2H3,(H,22,25)/t13-/m0/s1. The first-order valence-corrected chi connectivity index (χ1v) is 8.63. The van der Waals surface area contributed by atoms with Gasteiger partial charge >= 0.3 is 11.6 Å². The van der Waals surface area contributed by atoms with Gasteiger partial charge in [0.1, 0.15) is 24.0 Å². The third-order valence-corrected chi connectivity index (χ3v) is 4.17. The number of phenolic OH excluding ortho intramolecular Hbond substituents is 1. The molecule has 7 nitrogen and oxygen atoms in total. The van der Waals surface area contributed by atoms with E-state index in [0.29, 0.717) is 16.5 Å². The topological polar surface area (TPSA) is 106 Å². The van der Waals surface area contributed by atoms with Crippen LogP contribution >= 0.6 is 0 Å². The third kappa shape index (κ3) is 4.37. The number of fused-ring (bicyclic) bond motifs is 1. The fourth-order valence-electron chi connectivity index (χ4n) is 2.74. The Kier molecular flexibility index (Phi) is 5.44. The second kappa shape index (κ2) is 7.96. The smallest absolute Gasteiger partial charge is 0.336 e. The first kappa shape index (κ1) is 19.2. The minimum absolute atomic E-state index is 0.0442. The Morgan fingerprint density at radius 3 is 2.71 bits per heavy atom. The second-order valence-electron chi connectivity index (χ2n) is 6.44. The highest BCUT2D eigenvalue weighted by atomic mass is 16.5. The van der Waals surface area contributed by atoms with E-state index >= 15 is 0 Å². The Morgan fingerprint density at radius 1 is 1.18 bits per heavy atom. The number of rotatable bonds is 5. The summed E-state index contributed by atoms with van der Waals surface area (Å²) in [4.78, 5) is 36.2. The van der Waals surface area contributed by atoms with Crippen molar-refractivity contribution in [1.82, 2.24) is 5.32 Å². The minimum Gasteiger partial charge on any atom is -0.508 e. The number of phenols is 1. The van der Waals surface area contributed by atoms with E-state index < -0.39 is 17.6 Å². The van der Waals surface area contributed by atoms with E-state index in [-0.39, 0.29) is 23.8 Å². The van der Waals surface area contributed by atoms with Gasteiger partial charge in [-0.3, -0.25) is 4.79 Å². The van der Waals surface area contributed by atoms with Crippen LogP contribution in [0.3, 0.4) is 0 Å². The lowest BCUT2D eigenvalue weighted by Gasteiger charge is -2.14. The molecule has 144 valence electrons. The average Bonchev–Trinajstić information content (AvgIpc) is 2.65. The number of esters is 1. The van der Waals surface area contributed by atoms with E-state index in [9.17, 15) is 19.5 Å². The minimum atomic E-state index is -0.872. The van der Waals surface area contributed by atoms with Crippen LogP contribution in [0.2, 0.25) is 0 Å². The van der Waals surface area contributed by atoms with E-state index in [2.05, 4.69) is 5.32 Å². The van der Waals surface area contributed by atoms with Gasteiger partial charge in [-0.15, -0.1) is 0 Å². The summed E-state index contributed by atoms with van der Waals surface area (Å²) in [6.07, 6.45) is 0. The van der Waals surface area contributed by atoms with Gasteiger partial charge in [0.15, 0.2) is 0 Å². The number of ether oxygens (including phenoxy) is 1. The molecule has 0 saturated heterocycles. The van der Waals surface area contributed by atoms with Crippen molar-refractivity contribution in [2.75, 3.05) is 0 Å². The molecule has 3 rings (SSSR count). The number of aromatic hydroxyl groups is 1. The van der Waals surface area contributed by atoms with Crippen molar-refractivity contribution in [2.24, 2.45) is 0 Å². The van der Waals surface area contributed by atoms with E-state index in [4.69, 9.17) is 9.15 Å². The zero-order valence-electron chi connectivity index (χ0n) is 15.4. The zero-order chi connectivity index (χ0) is 20.3. The van der Waals surface area contributed by atoms with Gasteiger partial charge in [0, 0.05) is 28.6 Å². The third-order valence-electron chi connectivity index (χ3n) is 4.17. The van der Waals surface area contributed by atoms with Crippen LogP contribution in [0.1, 0.15) is 28.4 Å². The number of carbonyl (C=O) groups excluding carboxylic acids is 2. The zero-order valence-corrected chi connectivity index (χ0v) is 15.4. The maximum absolute atomic E-state index is 12.2. The molecular weight excluding hydrogens is 362 g/mol. The second-order valence-corrected chi connectivity index (χ2v) is 6.44. The number of amides is 1. The van der Waals surface area contributed by atoms with Crippen LogP contribution in [0, 0.1) is 6.92 Å². The predicted molar refractivity (Wildman–Crippen MR) is 102 cm³/mol. The van der Waals surface area contributed by atoms with Gasteiger partial charge < -0.3 is 19.6 Å². The fourth-order valence-corrected chi connectivity index (χ4v) is 2.74.